The van der Waals surface area contributed by atoms with Crippen LogP contribution in [0.15, 0.2) is 158 Å². The van der Waals surface area contributed by atoms with Crippen LogP contribution in [0.5, 0.6) is 0 Å². The number of carbonyl (C=O) groups excluding carboxylic acids is 1. The highest BCUT2D eigenvalue weighted by Crippen LogP contribution is 2.30. The first-order valence-corrected chi connectivity index (χ1v) is 17.1. The van der Waals surface area contributed by atoms with E-state index in [9.17, 15) is 9.59 Å². The number of para-hydroxylation sites is 2. The van der Waals surface area contributed by atoms with E-state index in [4.69, 9.17) is 20.0 Å². The van der Waals surface area contributed by atoms with E-state index in [0.29, 0.717) is 25.3 Å². The normalized spacial score (nSPS) is 10.9. The molecule has 0 aliphatic carbocycles. The molecule has 0 atom stereocenters. The first kappa shape index (κ1) is 33.7. The highest BCUT2D eigenvalue weighted by Gasteiger charge is 2.15. The Kier molecular flexibility index (Phi) is 9.97. The molecule has 52 heavy (non-hydrogen) atoms. The number of hydrogen-bond acceptors (Lipinski definition) is 5. The Morgan fingerprint density at radius 2 is 0.942 bits per heavy atom. The van der Waals surface area contributed by atoms with Gasteiger partial charge in [0.1, 0.15) is 11.4 Å². The van der Waals surface area contributed by atoms with E-state index in [1.807, 2.05) is 100 Å². The zero-order chi connectivity index (χ0) is 35.9. The second kappa shape index (κ2) is 15.4. The summed E-state index contributed by atoms with van der Waals surface area (Å²) in [6.45, 7) is 3.57. The van der Waals surface area contributed by atoms with Crippen molar-refractivity contribution in [1.82, 2.24) is 19.6 Å². The fourth-order valence-electron chi connectivity index (χ4n) is 6.18. The lowest BCUT2D eigenvalue weighted by Gasteiger charge is -2.04. The number of carbonyl (C=O) groups is 2. The third-order valence-electron chi connectivity index (χ3n) is 8.74. The van der Waals surface area contributed by atoms with Gasteiger partial charge in [-0.2, -0.15) is 10.2 Å². The van der Waals surface area contributed by atoms with E-state index < -0.39 is 5.97 Å². The van der Waals surface area contributed by atoms with E-state index in [1.54, 1.807) is 31.2 Å². The molecule has 256 valence electrons. The molecular formula is C44H36N4O4. The zero-order valence-electron chi connectivity index (χ0n) is 28.6. The Labute approximate surface area is 301 Å². The maximum atomic E-state index is 11.9. The van der Waals surface area contributed by atoms with E-state index in [1.165, 1.54) is 11.1 Å². The first-order chi connectivity index (χ1) is 25.5. The number of aromatic nitrogens is 4. The van der Waals surface area contributed by atoms with E-state index in [2.05, 4.69) is 42.5 Å². The smallest absolute Gasteiger partial charge is 0.338 e. The molecule has 2 aromatic heterocycles. The van der Waals surface area contributed by atoms with Crippen molar-refractivity contribution in [3.63, 3.8) is 0 Å². The highest BCUT2D eigenvalue weighted by molar-refractivity contribution is 5.96. The van der Waals surface area contributed by atoms with Gasteiger partial charge < -0.3 is 9.84 Å². The number of hydrogen-bond donors (Lipinski definition) is 1. The van der Waals surface area contributed by atoms with Crippen molar-refractivity contribution in [2.45, 2.75) is 20.0 Å². The minimum absolute atomic E-state index is 0.275. The van der Waals surface area contributed by atoms with Crippen molar-refractivity contribution in [3.05, 3.63) is 180 Å². The summed E-state index contributed by atoms with van der Waals surface area (Å²) in [4.78, 5) is 22.9. The molecule has 8 heteroatoms. The Bertz CT molecular complexity index is 2450. The summed E-state index contributed by atoms with van der Waals surface area (Å²) >= 11 is 0. The van der Waals surface area contributed by atoms with Crippen molar-refractivity contribution >= 4 is 33.7 Å². The lowest BCUT2D eigenvalue weighted by atomic mass is 10.1. The summed E-state index contributed by atoms with van der Waals surface area (Å²) in [6.07, 6.45) is 0. The van der Waals surface area contributed by atoms with Crippen LogP contribution in [0.2, 0.25) is 0 Å². The van der Waals surface area contributed by atoms with Crippen molar-refractivity contribution in [2.24, 2.45) is 0 Å². The molecule has 8 aromatic rings. The molecule has 0 spiro atoms. The van der Waals surface area contributed by atoms with Crippen LogP contribution < -0.4 is 0 Å². The van der Waals surface area contributed by atoms with Crippen molar-refractivity contribution in [1.29, 1.82) is 0 Å². The van der Waals surface area contributed by atoms with Crippen LogP contribution in [0.3, 0.4) is 0 Å². The van der Waals surface area contributed by atoms with Gasteiger partial charge in [-0.05, 0) is 54.4 Å². The van der Waals surface area contributed by atoms with E-state index in [0.717, 1.165) is 44.3 Å². The summed E-state index contributed by atoms with van der Waals surface area (Å²) in [5, 5.41) is 20.9. The van der Waals surface area contributed by atoms with Gasteiger partial charge in [0.2, 0.25) is 0 Å². The highest BCUT2D eigenvalue weighted by atomic mass is 16.5. The number of carboxylic acid groups (broad SMARTS) is 1. The lowest BCUT2D eigenvalue weighted by molar-refractivity contribution is 0.0525. The summed E-state index contributed by atoms with van der Waals surface area (Å²) in [5.74, 6) is -1.23. The number of esters is 1. The minimum Gasteiger partial charge on any atom is -0.478 e. The predicted octanol–water partition coefficient (Wildman–Crippen LogP) is 9.38. The number of benzene rings is 6. The molecule has 0 fully saturated rings. The summed E-state index contributed by atoms with van der Waals surface area (Å²) in [6, 6.07) is 51.1. The average Bonchev–Trinajstić information content (AvgIpc) is 3.74. The zero-order valence-corrected chi connectivity index (χ0v) is 28.6. The summed E-state index contributed by atoms with van der Waals surface area (Å²) in [5.41, 5.74) is 9.03. The first-order valence-electron chi connectivity index (χ1n) is 17.1. The van der Waals surface area contributed by atoms with E-state index >= 15 is 0 Å². The Balaban J connectivity index is 0.000000162. The maximum Gasteiger partial charge on any atom is 0.338 e. The minimum atomic E-state index is -0.925. The Hall–Kier alpha value is -6.80. The molecule has 1 N–H and O–H groups in total. The summed E-state index contributed by atoms with van der Waals surface area (Å²) in [7, 11) is 0. The monoisotopic (exact) mass is 684 g/mol. The molecule has 6 aromatic carbocycles. The largest absolute Gasteiger partial charge is 0.478 e. The van der Waals surface area contributed by atoms with Gasteiger partial charge in [-0.15, -0.1) is 0 Å². The maximum absolute atomic E-state index is 11.9. The molecular weight excluding hydrogens is 649 g/mol. The second-order valence-electron chi connectivity index (χ2n) is 12.2. The van der Waals surface area contributed by atoms with Gasteiger partial charge in [0.05, 0.1) is 41.9 Å². The van der Waals surface area contributed by atoms with Crippen LogP contribution in [-0.4, -0.2) is 43.2 Å². The number of rotatable bonds is 9. The van der Waals surface area contributed by atoms with Crippen molar-refractivity contribution in [3.8, 4) is 22.5 Å². The molecule has 0 saturated heterocycles. The molecule has 0 unspecified atom stereocenters. The third-order valence-corrected chi connectivity index (χ3v) is 8.74. The quantitative estimate of drug-likeness (QED) is 0.152. The van der Waals surface area contributed by atoms with Gasteiger partial charge in [0.25, 0.3) is 0 Å². The van der Waals surface area contributed by atoms with Gasteiger partial charge >= 0.3 is 11.9 Å². The molecule has 0 aliphatic heterocycles. The molecule has 0 bridgehead atoms. The molecule has 2 heterocycles. The van der Waals surface area contributed by atoms with Crippen LogP contribution in [0.4, 0.5) is 0 Å². The van der Waals surface area contributed by atoms with Gasteiger partial charge in [0, 0.05) is 21.9 Å². The number of carboxylic acids is 1. The van der Waals surface area contributed by atoms with Crippen LogP contribution in [-0.2, 0) is 17.8 Å². The number of ether oxygens (including phenoxy) is 1. The van der Waals surface area contributed by atoms with Crippen molar-refractivity contribution < 1.29 is 19.4 Å². The number of nitrogens with zero attached hydrogens (tertiary/aromatic N) is 4. The standard InChI is InChI=1S/C23H20N2O2.C21H16N2O2/c1-2-27-23(26)19-14-12-18(13-15-19)22-20-10-6-7-11-21(20)25(24-22)16-17-8-4-3-5-9-17;24-21(25)17-12-10-16(11-13-17)20-18-8-4-5-9-19(18)23(22-20)14-15-6-2-1-3-7-15/h3-15H,2,16H2,1H3;1-13H,14H2,(H,24,25). The summed E-state index contributed by atoms with van der Waals surface area (Å²) < 4.78 is 9.07. The number of aromatic carboxylic acids is 1. The van der Waals surface area contributed by atoms with Crippen LogP contribution in [0.1, 0.15) is 38.8 Å². The van der Waals surface area contributed by atoms with Gasteiger partial charge in [-0.3, -0.25) is 9.36 Å². The molecule has 0 saturated carbocycles. The second-order valence-corrected chi connectivity index (χ2v) is 12.2. The molecule has 8 nitrogen and oxygen atoms in total. The van der Waals surface area contributed by atoms with E-state index in [-0.39, 0.29) is 11.5 Å². The van der Waals surface area contributed by atoms with Crippen LogP contribution in [0, 0.1) is 0 Å². The molecule has 0 radical (unpaired) electrons. The lowest BCUT2D eigenvalue weighted by Crippen LogP contribution is -2.04. The predicted molar refractivity (Wildman–Crippen MR) is 204 cm³/mol. The van der Waals surface area contributed by atoms with Gasteiger partial charge in [-0.25, -0.2) is 9.59 Å². The molecule has 0 aliphatic rings. The molecule has 0 amide bonds. The number of fused-ring (bicyclic) bond motifs is 2. The Morgan fingerprint density at radius 3 is 1.37 bits per heavy atom. The fourth-order valence-corrected chi connectivity index (χ4v) is 6.18. The van der Waals surface area contributed by atoms with Crippen LogP contribution >= 0.6 is 0 Å². The van der Waals surface area contributed by atoms with Crippen LogP contribution in [0.25, 0.3) is 44.3 Å². The van der Waals surface area contributed by atoms with Gasteiger partial charge in [-0.1, -0.05) is 121 Å². The van der Waals surface area contributed by atoms with Gasteiger partial charge in [0.15, 0.2) is 0 Å². The average molecular weight is 685 g/mol. The molecule has 8 rings (SSSR count). The Morgan fingerprint density at radius 1 is 0.538 bits per heavy atom. The fraction of sp³-hybridized carbons (Fsp3) is 0.0909. The van der Waals surface area contributed by atoms with Crippen molar-refractivity contribution in [2.75, 3.05) is 6.61 Å². The topological polar surface area (TPSA) is 99.2 Å². The SMILES string of the molecule is CCOC(=O)c1ccc(-c2nn(Cc3ccccc3)c3ccccc23)cc1.O=C(O)c1ccc(-c2nn(Cc3ccccc3)c3ccccc23)cc1. The third kappa shape index (κ3) is 7.37.